The van der Waals surface area contributed by atoms with Crippen LogP contribution in [0.5, 0.6) is 0 Å². The summed E-state index contributed by atoms with van der Waals surface area (Å²) in [6.45, 7) is 1.66. The number of carbonyl (C=O) groups excluding carboxylic acids is 2. The normalized spacial score (nSPS) is 13.7. The zero-order valence-electron chi connectivity index (χ0n) is 21.3. The minimum atomic E-state index is -0.663. The summed E-state index contributed by atoms with van der Waals surface area (Å²) in [5, 5.41) is 4.47. The number of carbonyl (C=O) groups is 2. The first-order valence-corrected chi connectivity index (χ1v) is 12.9. The molecule has 4 aromatic rings. The fourth-order valence-corrected chi connectivity index (χ4v) is 5.37. The van der Waals surface area contributed by atoms with Gasteiger partial charge >= 0.3 is 0 Å². The monoisotopic (exact) mass is 513 g/mol. The lowest BCUT2D eigenvalue weighted by Gasteiger charge is -2.20. The first-order chi connectivity index (χ1) is 18.4. The number of rotatable bonds is 9. The Labute approximate surface area is 220 Å². The highest BCUT2D eigenvalue weighted by atomic mass is 19.1. The van der Waals surface area contributed by atoms with Crippen molar-refractivity contribution in [2.45, 2.75) is 57.9 Å². The molecule has 5 nitrogen and oxygen atoms in total. The van der Waals surface area contributed by atoms with Crippen molar-refractivity contribution in [3.8, 4) is 11.1 Å². The summed E-state index contributed by atoms with van der Waals surface area (Å²) >= 11 is 0. The average molecular weight is 514 g/mol. The Bertz CT molecular complexity index is 1470. The van der Waals surface area contributed by atoms with Crippen LogP contribution in [0.15, 0.2) is 67.0 Å². The number of aromatic nitrogens is 3. The Morgan fingerprint density at radius 3 is 2.58 bits per heavy atom. The molecule has 0 amide bonds. The van der Waals surface area contributed by atoms with E-state index in [1.807, 2.05) is 24.4 Å². The molecular formula is C31H29F2N3O2. The molecule has 0 spiro atoms. The molecule has 0 fully saturated rings. The highest BCUT2D eigenvalue weighted by molar-refractivity contribution is 5.95. The fourth-order valence-electron chi connectivity index (χ4n) is 5.37. The van der Waals surface area contributed by atoms with E-state index < -0.39 is 17.6 Å². The van der Waals surface area contributed by atoms with Gasteiger partial charge in [-0.3, -0.25) is 19.3 Å². The van der Waals surface area contributed by atoms with Crippen molar-refractivity contribution < 1.29 is 18.4 Å². The number of hydrogen-bond donors (Lipinski definition) is 0. The summed E-state index contributed by atoms with van der Waals surface area (Å²) in [5.74, 6) is -1.85. The summed E-state index contributed by atoms with van der Waals surface area (Å²) < 4.78 is 29.9. The number of fused-ring (bicyclic) bond motifs is 1. The molecule has 0 bridgehead atoms. The summed E-state index contributed by atoms with van der Waals surface area (Å²) in [6.07, 6.45) is 7.97. The van der Waals surface area contributed by atoms with Crippen LogP contribution in [0.4, 0.5) is 8.78 Å². The van der Waals surface area contributed by atoms with Gasteiger partial charge in [-0.1, -0.05) is 24.3 Å². The Kier molecular flexibility index (Phi) is 7.54. The largest absolute Gasteiger partial charge is 0.298 e. The maximum atomic E-state index is 14.1. The molecule has 2 aromatic carbocycles. The number of Topliss-reactive ketones (excluding diaryl/α,β-unsaturated/α-hetero) is 2. The minimum absolute atomic E-state index is 0.0301. The van der Waals surface area contributed by atoms with Gasteiger partial charge in [0, 0.05) is 41.4 Å². The maximum absolute atomic E-state index is 14.1. The van der Waals surface area contributed by atoms with Gasteiger partial charge in [0.15, 0.2) is 11.6 Å². The first kappa shape index (κ1) is 25.6. The Balaban J connectivity index is 1.49. The second kappa shape index (κ2) is 11.2. The molecule has 0 unspecified atom stereocenters. The van der Waals surface area contributed by atoms with Crippen LogP contribution in [0.1, 0.15) is 65.0 Å². The molecule has 5 rings (SSSR count). The smallest absolute Gasteiger partial charge is 0.159 e. The van der Waals surface area contributed by atoms with Gasteiger partial charge in [-0.25, -0.2) is 8.78 Å². The molecule has 2 aromatic heterocycles. The van der Waals surface area contributed by atoms with E-state index in [9.17, 15) is 18.4 Å². The summed E-state index contributed by atoms with van der Waals surface area (Å²) in [5.41, 5.74) is 5.56. The van der Waals surface area contributed by atoms with E-state index in [2.05, 4.69) is 10.1 Å². The predicted octanol–water partition coefficient (Wildman–Crippen LogP) is 6.29. The molecule has 1 aliphatic rings. The topological polar surface area (TPSA) is 64.8 Å². The van der Waals surface area contributed by atoms with Crippen molar-refractivity contribution in [3.63, 3.8) is 0 Å². The maximum Gasteiger partial charge on any atom is 0.159 e. The third kappa shape index (κ3) is 5.77. The highest BCUT2D eigenvalue weighted by Gasteiger charge is 2.24. The molecule has 38 heavy (non-hydrogen) atoms. The zero-order chi connectivity index (χ0) is 26.6. The Hall–Kier alpha value is -4.00. The van der Waals surface area contributed by atoms with Gasteiger partial charge in [-0.05, 0) is 80.0 Å². The Morgan fingerprint density at radius 1 is 1.00 bits per heavy atom. The van der Waals surface area contributed by atoms with E-state index in [1.165, 1.54) is 24.6 Å². The van der Waals surface area contributed by atoms with Crippen molar-refractivity contribution in [2.75, 3.05) is 0 Å². The average Bonchev–Trinajstić information content (AvgIpc) is 3.30. The fraction of sp³-hybridized carbons (Fsp3) is 0.290. The van der Waals surface area contributed by atoms with Crippen LogP contribution in [0.2, 0.25) is 0 Å². The third-order valence-corrected chi connectivity index (χ3v) is 7.15. The van der Waals surface area contributed by atoms with Gasteiger partial charge in [0.05, 0.1) is 18.4 Å². The molecule has 7 heteroatoms. The molecule has 194 valence electrons. The lowest BCUT2D eigenvalue weighted by atomic mass is 9.86. The first-order valence-electron chi connectivity index (χ1n) is 12.9. The molecule has 1 atom stereocenters. The molecule has 0 aliphatic heterocycles. The standard InChI is InChI=1S/C31H29F2N3O2/c1-20(37)22-7-4-8-23(15-22)29-9-5-11-34-31(29)25(12-21-13-26(32)17-27(33)14-21)16-28(38)19-36-30-10-3-2-6-24(30)18-35-36/h4-5,7-9,11,13-15,17-18,25H,2-3,6,10,12,16,19H2,1H3/t25-/m1/s1. The second-order valence-corrected chi connectivity index (χ2v) is 9.98. The molecule has 0 radical (unpaired) electrons. The van der Waals surface area contributed by atoms with Crippen LogP contribution < -0.4 is 0 Å². The van der Waals surface area contributed by atoms with E-state index in [-0.39, 0.29) is 31.0 Å². The number of hydrogen-bond acceptors (Lipinski definition) is 4. The van der Waals surface area contributed by atoms with Crippen molar-refractivity contribution >= 4 is 11.6 Å². The van der Waals surface area contributed by atoms with Gasteiger partial charge in [0.2, 0.25) is 0 Å². The third-order valence-electron chi connectivity index (χ3n) is 7.15. The van der Waals surface area contributed by atoms with Gasteiger partial charge in [-0.15, -0.1) is 0 Å². The number of aryl methyl sites for hydroxylation is 1. The summed E-state index contributed by atoms with van der Waals surface area (Å²) in [6, 6.07) is 14.4. The van der Waals surface area contributed by atoms with E-state index in [0.717, 1.165) is 48.6 Å². The molecule has 2 heterocycles. The van der Waals surface area contributed by atoms with Crippen molar-refractivity contribution in [3.05, 3.63) is 107 Å². The van der Waals surface area contributed by atoms with Crippen LogP contribution in [0, 0.1) is 11.6 Å². The molecular weight excluding hydrogens is 484 g/mol. The number of nitrogens with zero attached hydrogens (tertiary/aromatic N) is 3. The summed E-state index contributed by atoms with van der Waals surface area (Å²) in [7, 11) is 0. The Morgan fingerprint density at radius 2 is 1.79 bits per heavy atom. The van der Waals surface area contributed by atoms with Gasteiger partial charge in [0.25, 0.3) is 0 Å². The van der Waals surface area contributed by atoms with Gasteiger partial charge in [-0.2, -0.15) is 5.10 Å². The molecule has 1 aliphatic carbocycles. The number of ketones is 2. The van der Waals surface area contributed by atoms with Gasteiger partial charge in [0.1, 0.15) is 11.6 Å². The molecule has 0 saturated carbocycles. The number of halogens is 2. The quantitative estimate of drug-likeness (QED) is 0.247. The van der Waals surface area contributed by atoms with Crippen LogP contribution in [0.3, 0.4) is 0 Å². The number of benzene rings is 2. The zero-order valence-corrected chi connectivity index (χ0v) is 21.3. The van der Waals surface area contributed by atoms with E-state index >= 15 is 0 Å². The molecule has 0 saturated heterocycles. The van der Waals surface area contributed by atoms with Crippen LogP contribution in [0.25, 0.3) is 11.1 Å². The van der Waals surface area contributed by atoms with Crippen LogP contribution in [-0.4, -0.2) is 26.3 Å². The number of pyridine rings is 1. The van der Waals surface area contributed by atoms with E-state index in [1.54, 1.807) is 29.1 Å². The lowest BCUT2D eigenvalue weighted by Crippen LogP contribution is -2.19. The SMILES string of the molecule is CC(=O)c1cccc(-c2cccnc2[C@@H](CC(=O)Cn2ncc3c2CCCC3)Cc2cc(F)cc(F)c2)c1. The highest BCUT2D eigenvalue weighted by Crippen LogP contribution is 2.33. The predicted molar refractivity (Wildman–Crippen MR) is 141 cm³/mol. The van der Waals surface area contributed by atoms with Crippen LogP contribution in [-0.2, 0) is 30.6 Å². The molecule has 0 N–H and O–H groups in total. The van der Waals surface area contributed by atoms with E-state index in [4.69, 9.17) is 0 Å². The van der Waals surface area contributed by atoms with Crippen molar-refractivity contribution in [1.82, 2.24) is 14.8 Å². The van der Waals surface area contributed by atoms with Crippen molar-refractivity contribution in [2.24, 2.45) is 0 Å². The van der Waals surface area contributed by atoms with Crippen molar-refractivity contribution in [1.29, 1.82) is 0 Å². The van der Waals surface area contributed by atoms with E-state index in [0.29, 0.717) is 16.8 Å². The summed E-state index contributed by atoms with van der Waals surface area (Å²) in [4.78, 5) is 30.1. The minimum Gasteiger partial charge on any atom is -0.298 e. The van der Waals surface area contributed by atoms with Crippen LogP contribution >= 0.6 is 0 Å². The second-order valence-electron chi connectivity index (χ2n) is 9.98. The van der Waals surface area contributed by atoms with Gasteiger partial charge < -0.3 is 0 Å². The lowest BCUT2D eigenvalue weighted by molar-refractivity contribution is -0.120.